The summed E-state index contributed by atoms with van der Waals surface area (Å²) in [4.78, 5) is 31.5. The highest BCUT2D eigenvalue weighted by Gasteiger charge is 2.51. The fourth-order valence-electron chi connectivity index (χ4n) is 5.39. The summed E-state index contributed by atoms with van der Waals surface area (Å²) < 4.78 is 1.82. The first-order valence-corrected chi connectivity index (χ1v) is 12.0. The number of nitrogens with one attached hydrogen (secondary N) is 1. The minimum absolute atomic E-state index is 0.0699. The number of rotatable bonds is 5. The van der Waals surface area contributed by atoms with E-state index in [0.717, 1.165) is 53.7 Å². The number of hydrogen-bond acceptors (Lipinski definition) is 6. The fraction of sp³-hybridized carbons (Fsp3) is 0.346. The molecular weight excluding hydrogens is 448 g/mol. The van der Waals surface area contributed by atoms with Crippen LogP contribution in [0.4, 0.5) is 0 Å². The SMILES string of the molecule is Cc1cncc(-c2ccc(-c3cc4cnc(C)nc4n(CC[C@@H]4[C@H]5CNC[C@@H]45)c3=O)c(Cl)c2)n1. The number of aryl methyl sites for hydroxylation is 3. The molecule has 8 heteroatoms. The molecule has 3 aromatic heterocycles. The van der Waals surface area contributed by atoms with Gasteiger partial charge in [0.2, 0.25) is 0 Å². The predicted molar refractivity (Wildman–Crippen MR) is 133 cm³/mol. The highest BCUT2D eigenvalue weighted by atomic mass is 35.5. The Balaban J connectivity index is 1.41. The molecule has 172 valence electrons. The number of halogens is 1. The Labute approximate surface area is 202 Å². The zero-order chi connectivity index (χ0) is 23.4. The van der Waals surface area contributed by atoms with Gasteiger partial charge in [-0.15, -0.1) is 0 Å². The summed E-state index contributed by atoms with van der Waals surface area (Å²) in [5.41, 5.74) is 4.31. The van der Waals surface area contributed by atoms with E-state index in [1.54, 1.807) is 18.6 Å². The molecule has 0 amide bonds. The van der Waals surface area contributed by atoms with Crippen LogP contribution in [0.3, 0.4) is 0 Å². The van der Waals surface area contributed by atoms with Crippen molar-refractivity contribution < 1.29 is 0 Å². The Morgan fingerprint density at radius 3 is 2.65 bits per heavy atom. The van der Waals surface area contributed by atoms with Crippen molar-refractivity contribution in [3.63, 3.8) is 0 Å². The molecule has 1 aliphatic heterocycles. The lowest BCUT2D eigenvalue weighted by atomic mass is 10.0. The first-order valence-electron chi connectivity index (χ1n) is 11.7. The molecule has 7 nitrogen and oxygen atoms in total. The summed E-state index contributed by atoms with van der Waals surface area (Å²) in [7, 11) is 0. The van der Waals surface area contributed by atoms with Crippen molar-refractivity contribution >= 4 is 22.6 Å². The number of pyridine rings is 1. The van der Waals surface area contributed by atoms with Crippen LogP contribution in [-0.4, -0.2) is 37.6 Å². The van der Waals surface area contributed by atoms with Gasteiger partial charge in [0.1, 0.15) is 11.5 Å². The van der Waals surface area contributed by atoms with E-state index in [2.05, 4.69) is 25.3 Å². The van der Waals surface area contributed by atoms with E-state index >= 15 is 0 Å². The summed E-state index contributed by atoms with van der Waals surface area (Å²) in [6, 6.07) is 7.53. The van der Waals surface area contributed by atoms with Gasteiger partial charge in [0, 0.05) is 46.0 Å². The molecule has 3 atom stereocenters. The van der Waals surface area contributed by atoms with Gasteiger partial charge in [-0.2, -0.15) is 0 Å². The minimum Gasteiger partial charge on any atom is -0.316 e. The first-order chi connectivity index (χ1) is 16.5. The Morgan fingerprint density at radius 1 is 1.06 bits per heavy atom. The largest absolute Gasteiger partial charge is 0.316 e. The van der Waals surface area contributed by atoms with Crippen LogP contribution in [0.5, 0.6) is 0 Å². The van der Waals surface area contributed by atoms with Gasteiger partial charge >= 0.3 is 0 Å². The van der Waals surface area contributed by atoms with Crippen LogP contribution in [0.15, 0.2) is 47.7 Å². The Morgan fingerprint density at radius 2 is 1.88 bits per heavy atom. The van der Waals surface area contributed by atoms with E-state index in [9.17, 15) is 4.79 Å². The van der Waals surface area contributed by atoms with E-state index in [-0.39, 0.29) is 5.56 Å². The highest BCUT2D eigenvalue weighted by Crippen LogP contribution is 2.50. The molecule has 0 bridgehead atoms. The molecule has 1 N–H and O–H groups in total. The highest BCUT2D eigenvalue weighted by molar-refractivity contribution is 6.33. The molecule has 0 radical (unpaired) electrons. The van der Waals surface area contributed by atoms with Crippen molar-refractivity contribution in [2.45, 2.75) is 26.8 Å². The van der Waals surface area contributed by atoms with Gasteiger partial charge < -0.3 is 5.32 Å². The van der Waals surface area contributed by atoms with Gasteiger partial charge in [-0.05, 0) is 63.2 Å². The number of aromatic nitrogens is 5. The maximum absolute atomic E-state index is 13.7. The van der Waals surface area contributed by atoms with E-state index in [1.165, 1.54) is 0 Å². The maximum atomic E-state index is 13.7. The van der Waals surface area contributed by atoms with E-state index < -0.39 is 0 Å². The molecule has 1 aliphatic carbocycles. The summed E-state index contributed by atoms with van der Waals surface area (Å²) in [6.45, 7) is 6.59. The van der Waals surface area contributed by atoms with Crippen molar-refractivity contribution in [2.75, 3.05) is 13.1 Å². The third-order valence-electron chi connectivity index (χ3n) is 7.21. The second kappa shape index (κ2) is 8.25. The normalized spacial score (nSPS) is 21.1. The minimum atomic E-state index is -0.0699. The predicted octanol–water partition coefficient (Wildman–Crippen LogP) is 4.04. The quantitative estimate of drug-likeness (QED) is 0.471. The van der Waals surface area contributed by atoms with E-state index in [1.807, 2.05) is 42.7 Å². The molecule has 0 spiro atoms. The molecule has 1 saturated carbocycles. The molecule has 4 heterocycles. The molecule has 1 saturated heterocycles. The zero-order valence-corrected chi connectivity index (χ0v) is 19.9. The molecule has 2 aliphatic rings. The average molecular weight is 473 g/mol. The van der Waals surface area contributed by atoms with Crippen LogP contribution in [0.25, 0.3) is 33.4 Å². The first kappa shape index (κ1) is 21.4. The summed E-state index contributed by atoms with van der Waals surface area (Å²) in [6.07, 6.45) is 6.20. The molecule has 4 aromatic rings. The summed E-state index contributed by atoms with van der Waals surface area (Å²) >= 11 is 6.72. The van der Waals surface area contributed by atoms with Gasteiger partial charge in [-0.1, -0.05) is 23.7 Å². The Hall–Kier alpha value is -3.16. The summed E-state index contributed by atoms with van der Waals surface area (Å²) in [5.74, 6) is 2.86. The standard InChI is InChI=1S/C26H25ClN6O/c1-14-9-28-13-24(31-14)16-3-4-19(23(27)8-16)20-7-17-10-30-15(2)32-25(17)33(26(20)34)6-5-18-21-11-29-12-22(18)21/h3-4,7-10,13,18,21-22,29H,5-6,11-12H2,1-2H3/t18-,21-,22+. The number of nitrogens with zero attached hydrogens (tertiary/aromatic N) is 5. The molecule has 6 rings (SSSR count). The number of hydrogen-bond donors (Lipinski definition) is 1. The third-order valence-corrected chi connectivity index (χ3v) is 7.53. The van der Waals surface area contributed by atoms with Crippen molar-refractivity contribution in [2.24, 2.45) is 17.8 Å². The number of benzene rings is 1. The zero-order valence-electron chi connectivity index (χ0n) is 19.1. The van der Waals surface area contributed by atoms with Crippen LogP contribution in [0.2, 0.25) is 5.02 Å². The lowest BCUT2D eigenvalue weighted by molar-refractivity contribution is 0.510. The van der Waals surface area contributed by atoms with Crippen molar-refractivity contribution in [3.8, 4) is 22.4 Å². The van der Waals surface area contributed by atoms with Crippen molar-refractivity contribution in [1.29, 1.82) is 0 Å². The van der Waals surface area contributed by atoms with Crippen LogP contribution in [-0.2, 0) is 6.54 Å². The lowest BCUT2D eigenvalue weighted by Crippen LogP contribution is -2.24. The van der Waals surface area contributed by atoms with Crippen LogP contribution in [0.1, 0.15) is 17.9 Å². The van der Waals surface area contributed by atoms with Gasteiger partial charge in [-0.3, -0.25) is 14.3 Å². The third kappa shape index (κ3) is 3.69. The van der Waals surface area contributed by atoms with E-state index in [4.69, 9.17) is 11.6 Å². The summed E-state index contributed by atoms with van der Waals surface area (Å²) in [5, 5.41) is 4.78. The van der Waals surface area contributed by atoms with Crippen molar-refractivity contribution in [3.05, 3.63) is 69.8 Å². The lowest BCUT2D eigenvalue weighted by Gasteiger charge is -2.14. The monoisotopic (exact) mass is 472 g/mol. The van der Waals surface area contributed by atoms with Gasteiger partial charge in [0.25, 0.3) is 5.56 Å². The van der Waals surface area contributed by atoms with Gasteiger partial charge in [-0.25, -0.2) is 15.0 Å². The number of piperidine rings is 1. The molecule has 34 heavy (non-hydrogen) atoms. The Bertz CT molecular complexity index is 1470. The topological polar surface area (TPSA) is 85.6 Å². The van der Waals surface area contributed by atoms with Crippen LogP contribution in [0, 0.1) is 31.6 Å². The van der Waals surface area contributed by atoms with Gasteiger partial charge in [0.05, 0.1) is 17.6 Å². The van der Waals surface area contributed by atoms with Crippen LogP contribution < -0.4 is 10.9 Å². The van der Waals surface area contributed by atoms with E-state index in [0.29, 0.717) is 40.1 Å². The van der Waals surface area contributed by atoms with Gasteiger partial charge in [0.15, 0.2) is 0 Å². The number of fused-ring (bicyclic) bond motifs is 2. The fourth-order valence-corrected chi connectivity index (χ4v) is 5.68. The smallest absolute Gasteiger partial charge is 0.260 e. The second-order valence-electron chi connectivity index (χ2n) is 9.39. The van der Waals surface area contributed by atoms with Crippen LogP contribution >= 0.6 is 11.6 Å². The second-order valence-corrected chi connectivity index (χ2v) is 9.80. The molecule has 2 fully saturated rings. The maximum Gasteiger partial charge on any atom is 0.260 e. The van der Waals surface area contributed by atoms with Crippen molar-refractivity contribution in [1.82, 2.24) is 29.8 Å². The average Bonchev–Trinajstić information content (AvgIpc) is 3.24. The molecule has 0 unspecified atom stereocenters. The molecular formula is C26H25ClN6O. The Kier molecular flexibility index (Phi) is 5.19. The molecule has 1 aromatic carbocycles.